The predicted molar refractivity (Wildman–Crippen MR) is 89.0 cm³/mol. The third-order valence-corrected chi connectivity index (χ3v) is 5.66. The number of rotatable bonds is 6. The van der Waals surface area contributed by atoms with Crippen molar-refractivity contribution in [2.75, 3.05) is 12.8 Å². The van der Waals surface area contributed by atoms with Crippen molar-refractivity contribution in [3.05, 3.63) is 51.2 Å². The zero-order valence-corrected chi connectivity index (χ0v) is 14.4. The minimum absolute atomic E-state index is 0.0841. The van der Waals surface area contributed by atoms with Crippen LogP contribution in [0.25, 0.3) is 0 Å². The first-order valence-corrected chi connectivity index (χ1v) is 9.84. The van der Waals surface area contributed by atoms with Crippen LogP contribution in [0, 0.1) is 0 Å². The molecule has 0 saturated carbocycles. The van der Waals surface area contributed by atoms with E-state index >= 15 is 0 Å². The van der Waals surface area contributed by atoms with Gasteiger partial charge < -0.3 is 5.32 Å². The molecular weight excluding hydrogens is 326 g/mol. The van der Waals surface area contributed by atoms with Crippen LogP contribution in [0.2, 0.25) is 5.02 Å². The summed E-state index contributed by atoms with van der Waals surface area (Å²) >= 11 is 7.82. The standard InChI is InChI=1S/C15H18ClNO2S2/c1-3-8-17-14(15-13(16)7-9-20-15)11-5-4-6-12(10-11)21(2,18)19/h4-7,9-10,14,17H,3,8H2,1-2H3. The van der Waals surface area contributed by atoms with Gasteiger partial charge in [0.1, 0.15) is 0 Å². The number of thiophene rings is 1. The van der Waals surface area contributed by atoms with Crippen LogP contribution in [0.3, 0.4) is 0 Å². The maximum absolute atomic E-state index is 11.7. The van der Waals surface area contributed by atoms with E-state index in [1.54, 1.807) is 29.5 Å². The molecule has 1 aromatic heterocycles. The number of benzene rings is 1. The Kier molecular flexibility index (Phi) is 5.43. The Labute approximate surface area is 134 Å². The second-order valence-corrected chi connectivity index (χ2v) is 8.24. The summed E-state index contributed by atoms with van der Waals surface area (Å²) in [4.78, 5) is 1.34. The van der Waals surface area contributed by atoms with Crippen LogP contribution in [0.4, 0.5) is 0 Å². The van der Waals surface area contributed by atoms with Crippen LogP contribution >= 0.6 is 22.9 Å². The summed E-state index contributed by atoms with van der Waals surface area (Å²) < 4.78 is 23.5. The maximum atomic E-state index is 11.7. The van der Waals surface area contributed by atoms with Gasteiger partial charge in [-0.3, -0.25) is 0 Å². The Hall–Kier alpha value is -0.880. The first-order chi connectivity index (χ1) is 9.93. The van der Waals surface area contributed by atoms with E-state index in [1.807, 2.05) is 17.5 Å². The van der Waals surface area contributed by atoms with Crippen molar-refractivity contribution in [2.45, 2.75) is 24.3 Å². The fourth-order valence-corrected chi connectivity index (χ4v) is 4.03. The van der Waals surface area contributed by atoms with Gasteiger partial charge in [-0.25, -0.2) is 8.42 Å². The van der Waals surface area contributed by atoms with E-state index in [-0.39, 0.29) is 6.04 Å². The van der Waals surface area contributed by atoms with E-state index in [0.29, 0.717) is 9.92 Å². The average molecular weight is 344 g/mol. The van der Waals surface area contributed by atoms with Crippen molar-refractivity contribution in [3.63, 3.8) is 0 Å². The Bertz CT molecular complexity index is 710. The van der Waals surface area contributed by atoms with Gasteiger partial charge in [0.25, 0.3) is 0 Å². The van der Waals surface area contributed by atoms with Crippen molar-refractivity contribution < 1.29 is 8.42 Å². The summed E-state index contributed by atoms with van der Waals surface area (Å²) in [6.45, 7) is 2.93. The normalized spacial score (nSPS) is 13.3. The van der Waals surface area contributed by atoms with E-state index in [1.165, 1.54) is 6.26 Å². The molecule has 2 aromatic rings. The Morgan fingerprint density at radius 2 is 2.10 bits per heavy atom. The van der Waals surface area contributed by atoms with Gasteiger partial charge in [-0.1, -0.05) is 30.7 Å². The molecular formula is C15H18ClNO2S2. The number of hydrogen-bond acceptors (Lipinski definition) is 4. The van der Waals surface area contributed by atoms with Crippen molar-refractivity contribution in [2.24, 2.45) is 0 Å². The SMILES string of the molecule is CCCNC(c1cccc(S(C)(=O)=O)c1)c1sccc1Cl. The second kappa shape index (κ2) is 6.92. The second-order valence-electron chi connectivity index (χ2n) is 4.86. The van der Waals surface area contributed by atoms with Crippen LogP contribution in [0.5, 0.6) is 0 Å². The number of hydrogen-bond donors (Lipinski definition) is 1. The quantitative estimate of drug-likeness (QED) is 0.865. The van der Waals surface area contributed by atoms with E-state index < -0.39 is 9.84 Å². The molecule has 1 heterocycles. The third kappa shape index (κ3) is 4.07. The molecule has 1 aromatic carbocycles. The lowest BCUT2D eigenvalue weighted by Gasteiger charge is -2.19. The first kappa shape index (κ1) is 16.5. The minimum Gasteiger partial charge on any atom is -0.306 e. The lowest BCUT2D eigenvalue weighted by Crippen LogP contribution is -2.22. The fourth-order valence-electron chi connectivity index (χ4n) is 2.09. The zero-order chi connectivity index (χ0) is 15.5. The lowest BCUT2D eigenvalue weighted by molar-refractivity contribution is 0.597. The van der Waals surface area contributed by atoms with E-state index in [9.17, 15) is 8.42 Å². The van der Waals surface area contributed by atoms with Gasteiger partial charge in [0.2, 0.25) is 0 Å². The summed E-state index contributed by atoms with van der Waals surface area (Å²) in [5.74, 6) is 0. The molecule has 3 nitrogen and oxygen atoms in total. The highest BCUT2D eigenvalue weighted by atomic mass is 35.5. The van der Waals surface area contributed by atoms with E-state index in [0.717, 1.165) is 23.4 Å². The van der Waals surface area contributed by atoms with Gasteiger partial charge in [0, 0.05) is 11.1 Å². The molecule has 0 aliphatic rings. The molecule has 0 radical (unpaired) electrons. The van der Waals surface area contributed by atoms with Crippen molar-refractivity contribution >= 4 is 32.8 Å². The highest BCUT2D eigenvalue weighted by Gasteiger charge is 2.19. The van der Waals surface area contributed by atoms with Gasteiger partial charge in [-0.15, -0.1) is 11.3 Å². The van der Waals surface area contributed by atoms with Gasteiger partial charge in [-0.05, 0) is 42.1 Å². The van der Waals surface area contributed by atoms with Crippen LogP contribution in [0.1, 0.15) is 29.8 Å². The summed E-state index contributed by atoms with van der Waals surface area (Å²) in [5.41, 5.74) is 0.913. The highest BCUT2D eigenvalue weighted by Crippen LogP contribution is 2.33. The lowest BCUT2D eigenvalue weighted by atomic mass is 10.1. The molecule has 1 unspecified atom stereocenters. The maximum Gasteiger partial charge on any atom is 0.175 e. The van der Waals surface area contributed by atoms with Crippen LogP contribution in [-0.4, -0.2) is 21.2 Å². The Morgan fingerprint density at radius 3 is 2.67 bits per heavy atom. The highest BCUT2D eigenvalue weighted by molar-refractivity contribution is 7.90. The van der Waals surface area contributed by atoms with Crippen LogP contribution in [-0.2, 0) is 9.84 Å². The number of halogens is 1. The summed E-state index contributed by atoms with van der Waals surface area (Å²) in [5, 5.41) is 6.09. The molecule has 0 aliphatic carbocycles. The van der Waals surface area contributed by atoms with Crippen molar-refractivity contribution in [1.29, 1.82) is 0 Å². The van der Waals surface area contributed by atoms with Gasteiger partial charge >= 0.3 is 0 Å². The molecule has 1 N–H and O–H groups in total. The molecule has 0 fully saturated rings. The first-order valence-electron chi connectivity index (χ1n) is 6.69. The third-order valence-electron chi connectivity index (χ3n) is 3.12. The predicted octanol–water partition coefficient (Wildman–Crippen LogP) is 3.89. The largest absolute Gasteiger partial charge is 0.306 e. The fraction of sp³-hybridized carbons (Fsp3) is 0.333. The summed E-state index contributed by atoms with van der Waals surface area (Å²) in [6, 6.07) is 8.82. The molecule has 0 spiro atoms. The smallest absolute Gasteiger partial charge is 0.175 e. The van der Waals surface area contributed by atoms with Crippen molar-refractivity contribution in [3.8, 4) is 0 Å². The van der Waals surface area contributed by atoms with Crippen LogP contribution in [0.15, 0.2) is 40.6 Å². The molecule has 0 amide bonds. The van der Waals surface area contributed by atoms with Crippen molar-refractivity contribution in [1.82, 2.24) is 5.32 Å². The van der Waals surface area contributed by atoms with Gasteiger partial charge in [0.05, 0.1) is 16.0 Å². The Balaban J connectivity index is 2.44. The average Bonchev–Trinajstić information content (AvgIpc) is 2.85. The number of sulfone groups is 1. The molecule has 0 bridgehead atoms. The number of nitrogens with one attached hydrogen (secondary N) is 1. The zero-order valence-electron chi connectivity index (χ0n) is 12.0. The van der Waals surface area contributed by atoms with E-state index in [2.05, 4.69) is 12.2 Å². The monoisotopic (exact) mass is 343 g/mol. The molecule has 1 atom stereocenters. The van der Waals surface area contributed by atoms with Gasteiger partial charge in [0.15, 0.2) is 9.84 Å². The summed E-state index contributed by atoms with van der Waals surface area (Å²) in [7, 11) is -3.22. The molecule has 114 valence electrons. The molecule has 0 saturated heterocycles. The molecule has 21 heavy (non-hydrogen) atoms. The van der Waals surface area contributed by atoms with E-state index in [4.69, 9.17) is 11.6 Å². The van der Waals surface area contributed by atoms with Gasteiger partial charge in [-0.2, -0.15) is 0 Å². The topological polar surface area (TPSA) is 46.2 Å². The summed E-state index contributed by atoms with van der Waals surface area (Å²) in [6.07, 6.45) is 2.21. The van der Waals surface area contributed by atoms with Crippen LogP contribution < -0.4 is 5.32 Å². The molecule has 2 rings (SSSR count). The Morgan fingerprint density at radius 1 is 1.33 bits per heavy atom. The molecule has 6 heteroatoms. The molecule has 0 aliphatic heterocycles. The minimum atomic E-state index is -3.22.